The highest BCUT2D eigenvalue weighted by atomic mass is 28.3. The number of anilines is 1. The SMILES string of the molecule is CCO[SiH](OCC)c1ccccc1CCCNc1ccccc1. The fourth-order valence-corrected chi connectivity index (χ4v) is 4.46. The Morgan fingerprint density at radius 1 is 0.870 bits per heavy atom. The average Bonchev–Trinajstić information content (AvgIpc) is 2.60. The van der Waals surface area contributed by atoms with Crippen LogP contribution >= 0.6 is 0 Å². The molecular formula is C19H27NO2Si. The van der Waals surface area contributed by atoms with Crippen molar-refractivity contribution in [2.45, 2.75) is 26.7 Å². The van der Waals surface area contributed by atoms with Crippen molar-refractivity contribution in [3.8, 4) is 0 Å². The maximum absolute atomic E-state index is 5.89. The number of benzene rings is 2. The number of hydrogen-bond donors (Lipinski definition) is 1. The van der Waals surface area contributed by atoms with Gasteiger partial charge < -0.3 is 14.2 Å². The minimum Gasteiger partial charge on any atom is -0.394 e. The van der Waals surface area contributed by atoms with Gasteiger partial charge in [0.05, 0.1) is 0 Å². The lowest BCUT2D eigenvalue weighted by Gasteiger charge is -2.18. The summed E-state index contributed by atoms with van der Waals surface area (Å²) in [5.74, 6) is 0. The first kappa shape index (κ1) is 17.7. The summed E-state index contributed by atoms with van der Waals surface area (Å²) in [6, 6.07) is 18.9. The van der Waals surface area contributed by atoms with Crippen LogP contribution < -0.4 is 10.5 Å². The summed E-state index contributed by atoms with van der Waals surface area (Å²) >= 11 is 0. The highest BCUT2D eigenvalue weighted by Gasteiger charge is 2.18. The second-order valence-corrected chi connectivity index (χ2v) is 7.29. The van der Waals surface area contributed by atoms with Gasteiger partial charge in [-0.25, -0.2) is 0 Å². The molecular weight excluding hydrogens is 302 g/mol. The van der Waals surface area contributed by atoms with Crippen molar-refractivity contribution in [1.82, 2.24) is 0 Å². The number of aryl methyl sites for hydroxylation is 1. The van der Waals surface area contributed by atoms with Crippen molar-refractivity contribution in [3.63, 3.8) is 0 Å². The van der Waals surface area contributed by atoms with Crippen LogP contribution in [-0.4, -0.2) is 29.0 Å². The third kappa shape index (κ3) is 5.82. The van der Waals surface area contributed by atoms with Gasteiger partial charge in [0.2, 0.25) is 0 Å². The fourth-order valence-electron chi connectivity index (χ4n) is 2.59. The number of rotatable bonds is 10. The molecule has 0 atom stereocenters. The Labute approximate surface area is 141 Å². The molecule has 0 amide bonds. The smallest absolute Gasteiger partial charge is 0.356 e. The summed E-state index contributed by atoms with van der Waals surface area (Å²) in [7, 11) is -1.76. The van der Waals surface area contributed by atoms with Crippen LogP contribution in [0.4, 0.5) is 5.69 Å². The molecule has 2 rings (SSSR count). The normalized spacial score (nSPS) is 10.9. The van der Waals surface area contributed by atoms with E-state index in [0.29, 0.717) is 13.2 Å². The van der Waals surface area contributed by atoms with Crippen molar-refractivity contribution < 1.29 is 8.85 Å². The number of hydrogen-bond acceptors (Lipinski definition) is 3. The third-order valence-electron chi connectivity index (χ3n) is 3.67. The topological polar surface area (TPSA) is 30.5 Å². The molecule has 124 valence electrons. The summed E-state index contributed by atoms with van der Waals surface area (Å²) < 4.78 is 11.8. The van der Waals surface area contributed by atoms with E-state index in [9.17, 15) is 0 Å². The van der Waals surface area contributed by atoms with E-state index < -0.39 is 9.28 Å². The van der Waals surface area contributed by atoms with Gasteiger partial charge in [0.25, 0.3) is 0 Å². The standard InChI is InChI=1S/C19H27NO2Si/c1-3-21-23(22-4-2)19-15-9-8-11-17(19)12-10-16-20-18-13-6-5-7-14-18/h5-9,11,13-15,20,23H,3-4,10,12,16H2,1-2H3. The monoisotopic (exact) mass is 329 g/mol. The predicted octanol–water partition coefficient (Wildman–Crippen LogP) is 3.23. The highest BCUT2D eigenvalue weighted by Crippen LogP contribution is 2.07. The molecule has 0 aliphatic rings. The van der Waals surface area contributed by atoms with Gasteiger partial charge >= 0.3 is 9.28 Å². The molecule has 0 spiro atoms. The maximum atomic E-state index is 5.89. The molecule has 0 unspecified atom stereocenters. The Hall–Kier alpha value is -1.62. The second kappa shape index (κ2) is 10.2. The average molecular weight is 330 g/mol. The Morgan fingerprint density at radius 3 is 2.22 bits per heavy atom. The van der Waals surface area contributed by atoms with E-state index in [1.165, 1.54) is 16.4 Å². The molecule has 0 aliphatic carbocycles. The molecule has 0 aromatic heterocycles. The van der Waals surface area contributed by atoms with E-state index in [0.717, 1.165) is 19.4 Å². The number of para-hydroxylation sites is 1. The number of nitrogens with one attached hydrogen (secondary N) is 1. The summed E-state index contributed by atoms with van der Waals surface area (Å²) in [4.78, 5) is 0. The van der Waals surface area contributed by atoms with Crippen molar-refractivity contribution in [3.05, 3.63) is 60.2 Å². The third-order valence-corrected chi connectivity index (χ3v) is 6.01. The first-order chi connectivity index (χ1) is 11.3. The quantitative estimate of drug-likeness (QED) is 0.536. The highest BCUT2D eigenvalue weighted by molar-refractivity contribution is 6.61. The van der Waals surface area contributed by atoms with Gasteiger partial charge in [0.15, 0.2) is 0 Å². The van der Waals surface area contributed by atoms with Gasteiger partial charge in [-0.1, -0.05) is 42.5 Å². The van der Waals surface area contributed by atoms with Crippen LogP contribution in [0.3, 0.4) is 0 Å². The molecule has 2 aromatic rings. The predicted molar refractivity (Wildman–Crippen MR) is 99.7 cm³/mol. The van der Waals surface area contributed by atoms with Crippen LogP contribution in [-0.2, 0) is 15.3 Å². The van der Waals surface area contributed by atoms with E-state index in [-0.39, 0.29) is 0 Å². The zero-order valence-electron chi connectivity index (χ0n) is 14.1. The van der Waals surface area contributed by atoms with Gasteiger partial charge in [0, 0.05) is 25.4 Å². The van der Waals surface area contributed by atoms with Gasteiger partial charge in [0.1, 0.15) is 0 Å². The van der Waals surface area contributed by atoms with E-state index >= 15 is 0 Å². The Balaban J connectivity index is 1.91. The first-order valence-electron chi connectivity index (χ1n) is 8.45. The van der Waals surface area contributed by atoms with Gasteiger partial charge in [-0.05, 0) is 49.6 Å². The minimum absolute atomic E-state index is 0.709. The van der Waals surface area contributed by atoms with Crippen LogP contribution in [0.1, 0.15) is 25.8 Å². The van der Waals surface area contributed by atoms with E-state index in [1.807, 2.05) is 19.9 Å². The molecule has 1 N–H and O–H groups in total. The second-order valence-electron chi connectivity index (χ2n) is 5.34. The summed E-state index contributed by atoms with van der Waals surface area (Å²) in [5, 5.41) is 4.75. The largest absolute Gasteiger partial charge is 0.394 e. The van der Waals surface area contributed by atoms with Gasteiger partial charge in [-0.15, -0.1) is 0 Å². The van der Waals surface area contributed by atoms with E-state index in [1.54, 1.807) is 0 Å². The minimum atomic E-state index is -1.76. The lowest BCUT2D eigenvalue weighted by Crippen LogP contribution is -2.39. The Bertz CT molecular complexity index is 556. The van der Waals surface area contributed by atoms with Gasteiger partial charge in [-0.2, -0.15) is 0 Å². The molecule has 0 saturated heterocycles. The Morgan fingerprint density at radius 2 is 1.52 bits per heavy atom. The molecule has 0 heterocycles. The maximum Gasteiger partial charge on any atom is 0.356 e. The zero-order valence-corrected chi connectivity index (χ0v) is 15.3. The van der Waals surface area contributed by atoms with Crippen molar-refractivity contribution in [1.29, 1.82) is 0 Å². The van der Waals surface area contributed by atoms with Crippen LogP contribution in [0, 0.1) is 0 Å². The molecule has 0 aliphatic heterocycles. The van der Waals surface area contributed by atoms with E-state index in [4.69, 9.17) is 8.85 Å². The van der Waals surface area contributed by atoms with Crippen LogP contribution in [0.2, 0.25) is 0 Å². The first-order valence-corrected chi connectivity index (χ1v) is 9.97. The van der Waals surface area contributed by atoms with E-state index in [2.05, 4.69) is 53.8 Å². The molecule has 0 radical (unpaired) electrons. The summed E-state index contributed by atoms with van der Waals surface area (Å²) in [6.07, 6.45) is 2.13. The molecule has 0 fully saturated rings. The van der Waals surface area contributed by atoms with Gasteiger partial charge in [-0.3, -0.25) is 0 Å². The molecule has 0 bridgehead atoms. The van der Waals surface area contributed by atoms with Crippen LogP contribution in [0.25, 0.3) is 0 Å². The Kier molecular flexibility index (Phi) is 7.87. The van der Waals surface area contributed by atoms with Crippen molar-refractivity contribution in [2.24, 2.45) is 0 Å². The van der Waals surface area contributed by atoms with Crippen molar-refractivity contribution >= 4 is 20.2 Å². The summed E-state index contributed by atoms with van der Waals surface area (Å²) in [5.41, 5.74) is 2.54. The zero-order chi connectivity index (χ0) is 16.3. The fraction of sp³-hybridized carbons (Fsp3) is 0.368. The van der Waals surface area contributed by atoms with Crippen LogP contribution in [0.5, 0.6) is 0 Å². The molecule has 2 aromatic carbocycles. The molecule has 23 heavy (non-hydrogen) atoms. The lowest BCUT2D eigenvalue weighted by atomic mass is 10.1. The van der Waals surface area contributed by atoms with Crippen molar-refractivity contribution in [2.75, 3.05) is 25.1 Å². The van der Waals surface area contributed by atoms with Crippen LogP contribution in [0.15, 0.2) is 54.6 Å². The summed E-state index contributed by atoms with van der Waals surface area (Å²) in [6.45, 7) is 6.45. The molecule has 3 nitrogen and oxygen atoms in total. The molecule has 4 heteroatoms. The lowest BCUT2D eigenvalue weighted by molar-refractivity contribution is 0.225. The molecule has 0 saturated carbocycles.